The van der Waals surface area contributed by atoms with Crippen molar-refractivity contribution < 1.29 is 47.0 Å². The minimum atomic E-state index is -3.78. The number of hydrogen-bond acceptors (Lipinski definition) is 9. The normalized spacial score (nSPS) is 16.1. The zero-order chi connectivity index (χ0) is 52.6. The van der Waals surface area contributed by atoms with Crippen LogP contribution in [0.2, 0.25) is 0 Å². The molecule has 14 heteroatoms. The van der Waals surface area contributed by atoms with Crippen molar-refractivity contribution in [3.05, 3.63) is 215 Å². The van der Waals surface area contributed by atoms with Crippen LogP contribution in [0.1, 0.15) is 70.7 Å². The van der Waals surface area contributed by atoms with Crippen molar-refractivity contribution in [3.8, 4) is 0 Å². The van der Waals surface area contributed by atoms with Crippen molar-refractivity contribution in [2.45, 2.75) is 53.8 Å². The van der Waals surface area contributed by atoms with Crippen LogP contribution in [-0.2, 0) is 49.3 Å². The number of carbonyl (C=O) groups excluding carboxylic acids is 6. The van der Waals surface area contributed by atoms with Crippen molar-refractivity contribution >= 4 is 54.5 Å². The number of nitrogens with zero attached hydrogens (tertiary/aromatic N) is 4. The first-order valence-corrected chi connectivity index (χ1v) is 26.6. The van der Waals surface area contributed by atoms with Gasteiger partial charge in [0.15, 0.2) is 12.3 Å². The molecule has 0 saturated heterocycles. The number of benzene rings is 6. The van der Waals surface area contributed by atoms with E-state index < -0.39 is 43.9 Å². The summed E-state index contributed by atoms with van der Waals surface area (Å²) in [5.74, 6) is -2.77. The van der Waals surface area contributed by atoms with Crippen LogP contribution >= 0.6 is 7.60 Å². The van der Waals surface area contributed by atoms with Crippen molar-refractivity contribution in [2.75, 3.05) is 25.8 Å². The number of imide groups is 2. The number of Topliss-reactive ketones (excluding diaryl/α,β-unsaturated/α-hetero) is 2. The van der Waals surface area contributed by atoms with Crippen molar-refractivity contribution in [2.24, 2.45) is 28.7 Å². The fourth-order valence-electron chi connectivity index (χ4n) is 8.93. The van der Waals surface area contributed by atoms with E-state index in [1.165, 1.54) is 4.58 Å². The van der Waals surface area contributed by atoms with Gasteiger partial charge in [0.25, 0.3) is 0 Å². The molecule has 0 radical (unpaired) electrons. The number of hydrogen-bond donors (Lipinski definition) is 0. The van der Waals surface area contributed by atoms with Gasteiger partial charge in [-0.2, -0.15) is 14.3 Å². The molecule has 2 heterocycles. The summed E-state index contributed by atoms with van der Waals surface area (Å²) in [7, 11) is -3.78. The van der Waals surface area contributed by atoms with Crippen LogP contribution in [0, 0.1) is 23.7 Å². The number of ketones is 2. The van der Waals surface area contributed by atoms with E-state index in [1.54, 1.807) is 54.6 Å². The Labute approximate surface area is 433 Å². The van der Waals surface area contributed by atoms with E-state index in [-0.39, 0.29) is 61.8 Å². The molecular weight excluding hydrogens is 952 g/mol. The van der Waals surface area contributed by atoms with Gasteiger partial charge in [-0.15, -0.1) is 0 Å². The molecule has 0 saturated carbocycles. The van der Waals surface area contributed by atoms with Crippen LogP contribution in [-0.4, -0.2) is 87.0 Å². The highest BCUT2D eigenvalue weighted by Gasteiger charge is 2.50. The van der Waals surface area contributed by atoms with Gasteiger partial charge >= 0.3 is 25.6 Å². The standard InChI is InChI=1S/C38H40N2O6P.C22H22N2O3/c1-29(2)36-34(25-30-15-7-3-8-16-30)39(38(43)40(37(36)42)26-35(41)33-21-13-6-14-22-33)23-24-47(44,45-27-31-17-9-4-10-18-31)46-28-32-19-11-5-12-20-32;1-15(2)20-18(13-16-9-5-3-6-10-16)23-22(27)24(21(20)26)14-19(25)17-11-7-4-8-12-17/h3-22,29,36H,23-28H2,1-2H3;3-12,15,20H,13-14H2,1-2H3/q+1;. The molecule has 0 spiro atoms. The fourth-order valence-corrected chi connectivity index (χ4v) is 10.4. The van der Waals surface area contributed by atoms with Gasteiger partial charge in [0.2, 0.25) is 11.7 Å². The second-order valence-corrected chi connectivity index (χ2v) is 21.0. The summed E-state index contributed by atoms with van der Waals surface area (Å²) in [6, 6.07) is 54.0. The van der Waals surface area contributed by atoms with Gasteiger partial charge in [0.05, 0.1) is 31.8 Å². The van der Waals surface area contributed by atoms with Crippen LogP contribution in [0.4, 0.5) is 9.59 Å². The quantitative estimate of drug-likeness (QED) is 0.0388. The maximum Gasteiger partial charge on any atom is 0.501 e. The first-order valence-electron chi connectivity index (χ1n) is 24.8. The van der Waals surface area contributed by atoms with E-state index in [4.69, 9.17) is 9.05 Å². The van der Waals surface area contributed by atoms with Gasteiger partial charge < -0.3 is 9.05 Å². The molecule has 0 fully saturated rings. The van der Waals surface area contributed by atoms with Crippen molar-refractivity contribution in [3.63, 3.8) is 0 Å². The minimum absolute atomic E-state index is 0.0256. The molecule has 0 aromatic heterocycles. The monoisotopic (exact) mass is 1010 g/mol. The predicted molar refractivity (Wildman–Crippen MR) is 285 cm³/mol. The molecule has 0 bridgehead atoms. The Morgan fingerprint density at radius 3 is 1.34 bits per heavy atom. The van der Waals surface area contributed by atoms with Crippen LogP contribution in [0.5, 0.6) is 0 Å². The van der Waals surface area contributed by atoms with Gasteiger partial charge in [-0.05, 0) is 34.1 Å². The molecular formula is C60H62N4O9P+. The Kier molecular flexibility index (Phi) is 19.0. The Morgan fingerprint density at radius 1 is 0.527 bits per heavy atom. The first-order chi connectivity index (χ1) is 35.7. The Morgan fingerprint density at radius 2 is 0.905 bits per heavy atom. The summed E-state index contributed by atoms with van der Waals surface area (Å²) in [6.45, 7) is 7.11. The summed E-state index contributed by atoms with van der Waals surface area (Å²) in [6.07, 6.45) is 0.666. The second kappa shape index (κ2) is 25.9. The van der Waals surface area contributed by atoms with Crippen molar-refractivity contribution in [1.82, 2.24) is 9.80 Å². The fraction of sp³-hybridized carbons (Fsp3) is 0.267. The predicted octanol–water partition coefficient (Wildman–Crippen LogP) is 11.2. The highest BCUT2D eigenvalue weighted by atomic mass is 31.2. The largest absolute Gasteiger partial charge is 0.501 e. The molecule has 8 rings (SSSR count). The van der Waals surface area contributed by atoms with E-state index in [9.17, 15) is 33.3 Å². The Hall–Kier alpha value is -7.57. The maximum absolute atomic E-state index is 14.4. The summed E-state index contributed by atoms with van der Waals surface area (Å²) in [5.41, 5.74) is 5.63. The zero-order valence-corrected chi connectivity index (χ0v) is 43.1. The minimum Gasteiger partial charge on any atom is -0.304 e. The van der Waals surface area contributed by atoms with Gasteiger partial charge in [-0.1, -0.05) is 210 Å². The third-order valence-electron chi connectivity index (χ3n) is 12.8. The average molecular weight is 1010 g/mol. The number of amides is 6. The van der Waals surface area contributed by atoms with Crippen molar-refractivity contribution in [1.29, 1.82) is 0 Å². The van der Waals surface area contributed by atoms with Gasteiger partial charge in [-0.25, -0.2) is 14.6 Å². The summed E-state index contributed by atoms with van der Waals surface area (Å²) in [5, 5.41) is 0. The molecule has 2 aliphatic heterocycles. The summed E-state index contributed by atoms with van der Waals surface area (Å²) >= 11 is 0. The van der Waals surface area contributed by atoms with Crippen LogP contribution in [0.3, 0.4) is 0 Å². The van der Waals surface area contributed by atoms with E-state index in [2.05, 4.69) is 4.99 Å². The number of rotatable bonds is 21. The molecule has 6 aromatic rings. The highest BCUT2D eigenvalue weighted by molar-refractivity contribution is 7.53. The summed E-state index contributed by atoms with van der Waals surface area (Å²) in [4.78, 5) is 85.7. The summed E-state index contributed by atoms with van der Waals surface area (Å²) < 4.78 is 27.9. The lowest BCUT2D eigenvalue weighted by Gasteiger charge is -2.31. The molecule has 74 heavy (non-hydrogen) atoms. The van der Waals surface area contributed by atoms with Gasteiger partial charge in [0, 0.05) is 29.7 Å². The number of aliphatic imine (C=N–C) groups is 1. The van der Waals surface area contributed by atoms with E-state index in [0.29, 0.717) is 35.4 Å². The lowest BCUT2D eigenvalue weighted by atomic mass is 9.84. The topological polar surface area (TPSA) is 160 Å². The molecule has 0 aliphatic carbocycles. The van der Waals surface area contributed by atoms with Crippen LogP contribution in [0.25, 0.3) is 0 Å². The number of urea groups is 2. The van der Waals surface area contributed by atoms with Crippen LogP contribution in [0.15, 0.2) is 187 Å². The van der Waals surface area contributed by atoms with Gasteiger partial charge in [0.1, 0.15) is 18.2 Å². The third-order valence-corrected chi connectivity index (χ3v) is 14.6. The molecule has 380 valence electrons. The van der Waals surface area contributed by atoms with E-state index in [1.807, 2.05) is 155 Å². The molecule has 2 unspecified atom stereocenters. The highest BCUT2D eigenvalue weighted by Crippen LogP contribution is 2.49. The molecule has 13 nitrogen and oxygen atoms in total. The molecule has 2 aliphatic rings. The molecule has 0 N–H and O–H groups in total. The number of carbonyl (C=O) groups is 6. The average Bonchev–Trinajstić information content (AvgIpc) is 3.42. The SMILES string of the molecule is CC(C)C1C(=O)N(CC(=O)c2ccccc2)C(=O)N=C1Cc1ccccc1.CC(C)C1C(=O)N(CC(=O)c2ccccc2)C(=O)[N+](CCP(=O)(OCc2ccccc2)OCc2ccccc2)=C1Cc1ccccc1. The van der Waals surface area contributed by atoms with Gasteiger partial charge in [-0.3, -0.25) is 23.8 Å². The Bertz CT molecular complexity index is 2960. The second-order valence-electron chi connectivity index (χ2n) is 18.9. The lowest BCUT2D eigenvalue weighted by molar-refractivity contribution is -0.437. The lowest BCUT2D eigenvalue weighted by Crippen LogP contribution is -2.58. The first kappa shape index (κ1) is 54.2. The molecule has 6 amide bonds. The van der Waals surface area contributed by atoms with E-state index in [0.717, 1.165) is 32.1 Å². The van der Waals surface area contributed by atoms with Crippen LogP contribution < -0.4 is 0 Å². The maximum atomic E-state index is 14.4. The molecule has 6 aromatic carbocycles. The Balaban J connectivity index is 0.000000251. The molecule has 2 atom stereocenters. The van der Waals surface area contributed by atoms with E-state index >= 15 is 0 Å². The smallest absolute Gasteiger partial charge is 0.304 e. The third kappa shape index (κ3) is 14.3. The zero-order valence-electron chi connectivity index (χ0n) is 42.2.